The van der Waals surface area contributed by atoms with Crippen LogP contribution in [-0.4, -0.2) is 17.3 Å². The van der Waals surface area contributed by atoms with Crippen molar-refractivity contribution in [3.63, 3.8) is 0 Å². The van der Waals surface area contributed by atoms with Crippen LogP contribution < -0.4 is 5.84 Å². The molecule has 0 aliphatic heterocycles. The van der Waals surface area contributed by atoms with Crippen LogP contribution >= 0.6 is 12.4 Å². The predicted octanol–water partition coefficient (Wildman–Crippen LogP) is 1.10. The summed E-state index contributed by atoms with van der Waals surface area (Å²) in [5.41, 5.74) is 1.03. The SMILES string of the molecule is Cl.N/N=C/c1ccc(C(=O)O)cc1. The molecule has 0 saturated heterocycles. The Morgan fingerprint density at radius 2 is 1.92 bits per heavy atom. The fraction of sp³-hybridized carbons (Fsp3) is 0. The Bertz CT molecular complexity index is 308. The predicted molar refractivity (Wildman–Crippen MR) is 52.4 cm³/mol. The summed E-state index contributed by atoms with van der Waals surface area (Å²) in [7, 11) is 0. The maximum Gasteiger partial charge on any atom is 0.335 e. The van der Waals surface area contributed by atoms with E-state index >= 15 is 0 Å². The number of carboxylic acid groups (broad SMARTS) is 1. The normalized spacial score (nSPS) is 9.54. The lowest BCUT2D eigenvalue weighted by molar-refractivity contribution is 0.0697. The zero-order chi connectivity index (χ0) is 8.97. The van der Waals surface area contributed by atoms with Gasteiger partial charge in [-0.25, -0.2) is 4.79 Å². The summed E-state index contributed by atoms with van der Waals surface area (Å²) in [6, 6.07) is 6.28. The fourth-order valence-electron chi connectivity index (χ4n) is 0.798. The van der Waals surface area contributed by atoms with Gasteiger partial charge in [-0.15, -0.1) is 12.4 Å². The number of carbonyl (C=O) groups is 1. The first kappa shape index (κ1) is 11.4. The highest BCUT2D eigenvalue weighted by Crippen LogP contribution is 2.01. The Morgan fingerprint density at radius 1 is 1.38 bits per heavy atom. The van der Waals surface area contributed by atoms with Gasteiger partial charge in [-0.1, -0.05) is 12.1 Å². The van der Waals surface area contributed by atoms with Crippen molar-refractivity contribution in [2.24, 2.45) is 10.9 Å². The van der Waals surface area contributed by atoms with Crippen LogP contribution in [0.3, 0.4) is 0 Å². The molecule has 70 valence electrons. The number of nitrogens with zero attached hydrogens (tertiary/aromatic N) is 1. The quantitative estimate of drug-likeness (QED) is 0.427. The van der Waals surface area contributed by atoms with Crippen molar-refractivity contribution in [2.45, 2.75) is 0 Å². The van der Waals surface area contributed by atoms with E-state index < -0.39 is 5.97 Å². The first-order valence-corrected chi connectivity index (χ1v) is 3.30. The van der Waals surface area contributed by atoms with Crippen LogP contribution in [0.4, 0.5) is 0 Å². The molecule has 0 aliphatic carbocycles. The Kier molecular flexibility index (Phi) is 4.54. The molecule has 0 spiro atoms. The Hall–Kier alpha value is -1.55. The van der Waals surface area contributed by atoms with Gasteiger partial charge in [-0.2, -0.15) is 5.10 Å². The van der Waals surface area contributed by atoms with Gasteiger partial charge in [0.25, 0.3) is 0 Å². The summed E-state index contributed by atoms with van der Waals surface area (Å²) in [6.45, 7) is 0. The van der Waals surface area contributed by atoms with Crippen LogP contribution in [0.5, 0.6) is 0 Å². The number of carboxylic acids is 1. The molecule has 0 unspecified atom stereocenters. The van der Waals surface area contributed by atoms with E-state index in [1.54, 1.807) is 12.1 Å². The van der Waals surface area contributed by atoms with Crippen molar-refractivity contribution in [1.29, 1.82) is 0 Å². The minimum absolute atomic E-state index is 0. The topological polar surface area (TPSA) is 75.7 Å². The fourth-order valence-corrected chi connectivity index (χ4v) is 0.798. The lowest BCUT2D eigenvalue weighted by Gasteiger charge is -1.93. The molecule has 1 aromatic carbocycles. The van der Waals surface area contributed by atoms with E-state index in [9.17, 15) is 4.79 Å². The van der Waals surface area contributed by atoms with Gasteiger partial charge in [0, 0.05) is 0 Å². The highest BCUT2D eigenvalue weighted by atomic mass is 35.5. The number of hydrogen-bond acceptors (Lipinski definition) is 3. The number of aromatic carboxylic acids is 1. The number of benzene rings is 1. The summed E-state index contributed by atoms with van der Waals surface area (Å²) < 4.78 is 0. The molecule has 0 heterocycles. The van der Waals surface area contributed by atoms with E-state index in [4.69, 9.17) is 10.9 Å². The van der Waals surface area contributed by atoms with Gasteiger partial charge in [0.05, 0.1) is 11.8 Å². The molecular formula is C8H9ClN2O2. The van der Waals surface area contributed by atoms with Crippen molar-refractivity contribution >= 4 is 24.6 Å². The third-order valence-electron chi connectivity index (χ3n) is 1.38. The van der Waals surface area contributed by atoms with E-state index in [0.717, 1.165) is 5.56 Å². The van der Waals surface area contributed by atoms with Gasteiger partial charge in [-0.05, 0) is 17.7 Å². The van der Waals surface area contributed by atoms with Crippen LogP contribution in [-0.2, 0) is 0 Å². The highest BCUT2D eigenvalue weighted by molar-refractivity contribution is 5.89. The molecular weight excluding hydrogens is 192 g/mol. The van der Waals surface area contributed by atoms with Gasteiger partial charge in [0.15, 0.2) is 0 Å². The van der Waals surface area contributed by atoms with Crippen molar-refractivity contribution in [3.8, 4) is 0 Å². The molecule has 13 heavy (non-hydrogen) atoms. The average molecular weight is 201 g/mol. The van der Waals surface area contributed by atoms with E-state index in [1.165, 1.54) is 18.3 Å². The molecule has 5 heteroatoms. The van der Waals surface area contributed by atoms with E-state index in [-0.39, 0.29) is 18.0 Å². The molecule has 0 bridgehead atoms. The van der Waals surface area contributed by atoms with Crippen LogP contribution in [0, 0.1) is 0 Å². The minimum Gasteiger partial charge on any atom is -0.478 e. The second-order valence-corrected chi connectivity index (χ2v) is 2.21. The minimum atomic E-state index is -0.939. The molecule has 0 aliphatic rings. The third-order valence-corrected chi connectivity index (χ3v) is 1.38. The van der Waals surface area contributed by atoms with Crippen LogP contribution in [0.2, 0.25) is 0 Å². The van der Waals surface area contributed by atoms with E-state index in [2.05, 4.69) is 5.10 Å². The van der Waals surface area contributed by atoms with Gasteiger partial charge >= 0.3 is 5.97 Å². The lowest BCUT2D eigenvalue weighted by atomic mass is 10.1. The maximum atomic E-state index is 10.4. The van der Waals surface area contributed by atoms with Crippen molar-refractivity contribution < 1.29 is 9.90 Å². The monoisotopic (exact) mass is 200 g/mol. The number of rotatable bonds is 2. The summed E-state index contributed by atoms with van der Waals surface area (Å²) in [4.78, 5) is 10.4. The summed E-state index contributed by atoms with van der Waals surface area (Å²) in [6.07, 6.45) is 1.45. The molecule has 1 rings (SSSR count). The van der Waals surface area contributed by atoms with Crippen LogP contribution in [0.25, 0.3) is 0 Å². The molecule has 0 fully saturated rings. The maximum absolute atomic E-state index is 10.4. The van der Waals surface area contributed by atoms with Gasteiger partial charge in [0.1, 0.15) is 0 Å². The Labute approximate surface area is 81.5 Å². The standard InChI is InChI=1S/C8H8N2O2.ClH/c9-10-5-6-1-3-7(4-2-6)8(11)12;/h1-5H,9H2,(H,11,12);1H/b10-5+;. The number of halogens is 1. The van der Waals surface area contributed by atoms with E-state index in [0.29, 0.717) is 0 Å². The molecule has 0 atom stereocenters. The zero-order valence-electron chi connectivity index (χ0n) is 6.68. The summed E-state index contributed by atoms with van der Waals surface area (Å²) in [5.74, 6) is 3.97. The number of hydrogen-bond donors (Lipinski definition) is 2. The molecule has 3 N–H and O–H groups in total. The Morgan fingerprint density at radius 3 is 2.31 bits per heavy atom. The molecule has 1 aromatic rings. The molecule has 4 nitrogen and oxygen atoms in total. The number of hydrazone groups is 1. The van der Waals surface area contributed by atoms with Crippen LogP contribution in [0.1, 0.15) is 15.9 Å². The van der Waals surface area contributed by atoms with E-state index in [1.807, 2.05) is 0 Å². The second-order valence-electron chi connectivity index (χ2n) is 2.21. The summed E-state index contributed by atoms with van der Waals surface area (Å²) >= 11 is 0. The lowest BCUT2D eigenvalue weighted by Crippen LogP contribution is -1.96. The van der Waals surface area contributed by atoms with Gasteiger partial charge < -0.3 is 10.9 Å². The average Bonchev–Trinajstić information content (AvgIpc) is 2.06. The van der Waals surface area contributed by atoms with Crippen molar-refractivity contribution in [1.82, 2.24) is 0 Å². The zero-order valence-corrected chi connectivity index (χ0v) is 7.49. The first-order valence-electron chi connectivity index (χ1n) is 3.30. The molecule has 0 radical (unpaired) electrons. The van der Waals surface area contributed by atoms with Gasteiger partial charge in [0.2, 0.25) is 0 Å². The molecule has 0 aromatic heterocycles. The van der Waals surface area contributed by atoms with Crippen molar-refractivity contribution in [2.75, 3.05) is 0 Å². The van der Waals surface area contributed by atoms with Crippen molar-refractivity contribution in [3.05, 3.63) is 35.4 Å². The molecule has 0 saturated carbocycles. The third kappa shape index (κ3) is 3.13. The second kappa shape index (κ2) is 5.16. The van der Waals surface area contributed by atoms with Gasteiger partial charge in [-0.3, -0.25) is 0 Å². The highest BCUT2D eigenvalue weighted by Gasteiger charge is 1.99. The van der Waals surface area contributed by atoms with Crippen LogP contribution in [0.15, 0.2) is 29.4 Å². The Balaban J connectivity index is 0.00000144. The largest absolute Gasteiger partial charge is 0.478 e. The molecule has 0 amide bonds. The number of nitrogens with two attached hydrogens (primary N) is 1. The smallest absolute Gasteiger partial charge is 0.335 e. The summed E-state index contributed by atoms with van der Waals surface area (Å²) in [5, 5.41) is 11.9. The first-order chi connectivity index (χ1) is 5.74.